The average molecular weight is 629 g/mol. The summed E-state index contributed by atoms with van der Waals surface area (Å²) in [5.74, 6) is 0. The van der Waals surface area contributed by atoms with Crippen LogP contribution in [-0.4, -0.2) is 13.0 Å². The Labute approximate surface area is 273 Å². The molecule has 1 N–H and O–H groups in total. The molecule has 2 aromatic rings. The van der Waals surface area contributed by atoms with E-state index in [1.807, 2.05) is 6.07 Å². The van der Waals surface area contributed by atoms with Gasteiger partial charge in [-0.15, -0.1) is 0 Å². The van der Waals surface area contributed by atoms with Crippen molar-refractivity contribution in [2.45, 2.75) is 199 Å². The van der Waals surface area contributed by atoms with Gasteiger partial charge in [-0.05, 0) is 53.6 Å². The van der Waals surface area contributed by atoms with E-state index in [2.05, 4.69) is 32.0 Å². The Morgan fingerprint density at radius 3 is 1.27 bits per heavy atom. The van der Waals surface area contributed by atoms with Crippen LogP contribution in [0.25, 0.3) is 10.8 Å². The standard InChI is InChI=1S/C40H68O3S/c1-3-5-7-9-11-13-15-17-19-21-23-25-27-29-36-31-33-38-37(35-36)32-34-40(44(41,42)43)39(38)30-28-26-24-22-20-18-16-14-12-10-8-6-4-2/h31-35H,3-30H2,1-2H3,(H,41,42,43). The molecule has 0 aliphatic rings. The van der Waals surface area contributed by atoms with Crippen LogP contribution >= 0.6 is 0 Å². The van der Waals surface area contributed by atoms with Crippen LogP contribution in [0, 0.1) is 0 Å². The van der Waals surface area contributed by atoms with E-state index in [-0.39, 0.29) is 4.90 Å². The van der Waals surface area contributed by atoms with Gasteiger partial charge in [-0.1, -0.05) is 192 Å². The number of benzene rings is 2. The summed E-state index contributed by atoms with van der Waals surface area (Å²) in [5.41, 5.74) is 2.12. The van der Waals surface area contributed by atoms with E-state index in [1.165, 1.54) is 160 Å². The molecule has 2 aromatic carbocycles. The zero-order chi connectivity index (χ0) is 31.7. The maximum absolute atomic E-state index is 12.2. The Morgan fingerprint density at radius 1 is 0.477 bits per heavy atom. The number of hydrogen-bond acceptors (Lipinski definition) is 2. The smallest absolute Gasteiger partial charge is 0.282 e. The molecule has 4 heteroatoms. The number of unbranched alkanes of at least 4 members (excludes halogenated alkanes) is 24. The van der Waals surface area contributed by atoms with Crippen molar-refractivity contribution in [3.63, 3.8) is 0 Å². The average Bonchev–Trinajstić information content (AvgIpc) is 3.01. The molecule has 0 amide bonds. The highest BCUT2D eigenvalue weighted by molar-refractivity contribution is 7.85. The van der Waals surface area contributed by atoms with E-state index < -0.39 is 10.1 Å². The van der Waals surface area contributed by atoms with Gasteiger partial charge < -0.3 is 0 Å². The van der Waals surface area contributed by atoms with E-state index in [9.17, 15) is 13.0 Å². The summed E-state index contributed by atoms with van der Waals surface area (Å²) in [6.07, 6.45) is 36.3. The molecular weight excluding hydrogens is 561 g/mol. The summed E-state index contributed by atoms with van der Waals surface area (Å²) in [6, 6.07) is 9.99. The van der Waals surface area contributed by atoms with Crippen LogP contribution in [0.5, 0.6) is 0 Å². The quantitative estimate of drug-likeness (QED) is 0.0720. The lowest BCUT2D eigenvalue weighted by Gasteiger charge is -2.13. The van der Waals surface area contributed by atoms with Crippen molar-refractivity contribution in [3.05, 3.63) is 41.5 Å². The third kappa shape index (κ3) is 17.3. The number of rotatable bonds is 29. The number of fused-ring (bicyclic) bond motifs is 1. The van der Waals surface area contributed by atoms with Gasteiger partial charge in [0, 0.05) is 0 Å². The largest absolute Gasteiger partial charge is 0.294 e. The maximum Gasteiger partial charge on any atom is 0.294 e. The summed E-state index contributed by atoms with van der Waals surface area (Å²) in [4.78, 5) is 0.0909. The summed E-state index contributed by atoms with van der Waals surface area (Å²) < 4.78 is 34.4. The molecule has 0 saturated heterocycles. The molecule has 0 unspecified atom stereocenters. The Hall–Kier alpha value is -1.39. The van der Waals surface area contributed by atoms with Gasteiger partial charge >= 0.3 is 0 Å². The van der Waals surface area contributed by atoms with Crippen molar-refractivity contribution in [3.8, 4) is 0 Å². The van der Waals surface area contributed by atoms with E-state index in [1.54, 1.807) is 6.07 Å². The molecule has 44 heavy (non-hydrogen) atoms. The number of aryl methyl sites for hydroxylation is 2. The fourth-order valence-electron chi connectivity index (χ4n) is 6.75. The van der Waals surface area contributed by atoms with E-state index in [0.29, 0.717) is 6.42 Å². The predicted octanol–water partition coefficient (Wildman–Crippen LogP) is 13.4. The summed E-state index contributed by atoms with van der Waals surface area (Å²) >= 11 is 0. The van der Waals surface area contributed by atoms with Crippen molar-refractivity contribution in [2.24, 2.45) is 0 Å². The zero-order valence-corrected chi connectivity index (χ0v) is 29.7. The van der Waals surface area contributed by atoms with Crippen molar-refractivity contribution < 1.29 is 13.0 Å². The van der Waals surface area contributed by atoms with E-state index in [4.69, 9.17) is 0 Å². The van der Waals surface area contributed by atoms with Crippen LogP contribution < -0.4 is 0 Å². The first-order valence-electron chi connectivity index (χ1n) is 19.0. The highest BCUT2D eigenvalue weighted by Gasteiger charge is 2.18. The van der Waals surface area contributed by atoms with Crippen molar-refractivity contribution >= 4 is 20.9 Å². The molecule has 0 saturated carbocycles. The fourth-order valence-corrected chi connectivity index (χ4v) is 7.51. The molecule has 2 rings (SSSR count). The van der Waals surface area contributed by atoms with Crippen LogP contribution in [0.1, 0.15) is 192 Å². The minimum absolute atomic E-state index is 0.0909. The molecule has 0 bridgehead atoms. The number of hydrogen-bond donors (Lipinski definition) is 1. The Morgan fingerprint density at radius 2 is 0.864 bits per heavy atom. The van der Waals surface area contributed by atoms with Gasteiger partial charge in [-0.2, -0.15) is 8.42 Å². The van der Waals surface area contributed by atoms with Crippen molar-refractivity contribution in [1.82, 2.24) is 0 Å². The molecule has 0 aromatic heterocycles. The van der Waals surface area contributed by atoms with Crippen LogP contribution in [-0.2, 0) is 23.0 Å². The Kier molecular flexibility index (Phi) is 21.9. The molecule has 0 radical (unpaired) electrons. The first-order chi connectivity index (χ1) is 21.5. The lowest BCUT2D eigenvalue weighted by atomic mass is 9.96. The molecule has 0 atom stereocenters. The molecule has 252 valence electrons. The normalized spacial score (nSPS) is 12.0. The second kappa shape index (κ2) is 24.8. The minimum atomic E-state index is -4.24. The van der Waals surface area contributed by atoms with Crippen molar-refractivity contribution in [2.75, 3.05) is 0 Å². The fraction of sp³-hybridized carbons (Fsp3) is 0.750. The summed E-state index contributed by atoms with van der Waals surface area (Å²) in [6.45, 7) is 4.55. The highest BCUT2D eigenvalue weighted by Crippen LogP contribution is 2.29. The SMILES string of the molecule is CCCCCCCCCCCCCCCc1ccc2c(CCCCCCCCCCCCCCC)c(S(=O)(=O)O)ccc2c1. The van der Waals surface area contributed by atoms with E-state index >= 15 is 0 Å². The van der Waals surface area contributed by atoms with Gasteiger partial charge in [0.1, 0.15) is 0 Å². The second-order valence-electron chi connectivity index (χ2n) is 13.6. The Balaban J connectivity index is 1.69. The molecule has 3 nitrogen and oxygen atoms in total. The van der Waals surface area contributed by atoms with Gasteiger partial charge in [0.15, 0.2) is 0 Å². The first kappa shape index (κ1) is 38.8. The summed E-state index contributed by atoms with van der Waals surface area (Å²) in [7, 11) is -4.24. The molecule has 0 aliphatic heterocycles. The minimum Gasteiger partial charge on any atom is -0.282 e. The molecule has 0 heterocycles. The van der Waals surface area contributed by atoms with Gasteiger partial charge in [0.2, 0.25) is 0 Å². The van der Waals surface area contributed by atoms with Crippen LogP contribution in [0.4, 0.5) is 0 Å². The lowest BCUT2D eigenvalue weighted by molar-refractivity contribution is 0.482. The molecule has 0 aliphatic carbocycles. The van der Waals surface area contributed by atoms with Crippen LogP contribution in [0.3, 0.4) is 0 Å². The van der Waals surface area contributed by atoms with Crippen LogP contribution in [0.15, 0.2) is 35.2 Å². The van der Waals surface area contributed by atoms with Crippen LogP contribution in [0.2, 0.25) is 0 Å². The van der Waals surface area contributed by atoms with Gasteiger partial charge in [-0.25, -0.2) is 0 Å². The zero-order valence-electron chi connectivity index (χ0n) is 28.9. The molecule has 0 fully saturated rings. The third-order valence-electron chi connectivity index (χ3n) is 9.53. The van der Waals surface area contributed by atoms with Gasteiger partial charge in [-0.3, -0.25) is 4.55 Å². The van der Waals surface area contributed by atoms with Gasteiger partial charge in [0.05, 0.1) is 4.90 Å². The highest BCUT2D eigenvalue weighted by atomic mass is 32.2. The third-order valence-corrected chi connectivity index (χ3v) is 10.5. The van der Waals surface area contributed by atoms with E-state index in [0.717, 1.165) is 35.6 Å². The monoisotopic (exact) mass is 628 g/mol. The summed E-state index contributed by atoms with van der Waals surface area (Å²) in [5, 5.41) is 2.07. The first-order valence-corrected chi connectivity index (χ1v) is 20.4. The van der Waals surface area contributed by atoms with Crippen molar-refractivity contribution in [1.29, 1.82) is 0 Å². The maximum atomic E-state index is 12.2. The second-order valence-corrected chi connectivity index (χ2v) is 14.9. The Bertz CT molecular complexity index is 1090. The topological polar surface area (TPSA) is 54.4 Å². The lowest BCUT2D eigenvalue weighted by Crippen LogP contribution is -2.04. The predicted molar refractivity (Wildman–Crippen MR) is 193 cm³/mol. The molecular formula is C40H68O3S. The molecule has 0 spiro atoms. The van der Waals surface area contributed by atoms with Gasteiger partial charge in [0.25, 0.3) is 10.1 Å².